The van der Waals surface area contributed by atoms with E-state index >= 15 is 0 Å². The van der Waals surface area contributed by atoms with Gasteiger partial charge in [0.05, 0.1) is 26.4 Å². The summed E-state index contributed by atoms with van der Waals surface area (Å²) in [6.45, 7) is 3.61. The third-order valence-electron chi connectivity index (χ3n) is 5.46. The number of hydrogen-bond donors (Lipinski definition) is 1. The lowest BCUT2D eigenvalue weighted by atomic mass is 10.0. The summed E-state index contributed by atoms with van der Waals surface area (Å²) in [5.74, 6) is 0.768. The van der Waals surface area contributed by atoms with E-state index in [1.165, 1.54) is 0 Å². The standard InChI is InChI=1S/C24H26N2O3/c1-28-20-9-4-8-19(16-20)23(26-12-14-29-15-13-26)17-25-24(27)22-11-5-7-18-6-2-3-10-21(18)22/h2-11,16,23H,12-15,17H2,1H3,(H,25,27)/t23-/m1/s1. The molecule has 1 saturated heterocycles. The Kier molecular flexibility index (Phi) is 6.08. The van der Waals surface area contributed by atoms with Crippen LogP contribution in [0.4, 0.5) is 0 Å². The maximum atomic E-state index is 13.0. The van der Waals surface area contributed by atoms with E-state index in [4.69, 9.17) is 9.47 Å². The van der Waals surface area contributed by atoms with Gasteiger partial charge in [-0.05, 0) is 34.5 Å². The molecule has 1 amide bonds. The Morgan fingerprint density at radius 3 is 2.66 bits per heavy atom. The summed E-state index contributed by atoms with van der Waals surface area (Å²) in [7, 11) is 1.67. The highest BCUT2D eigenvalue weighted by Crippen LogP contribution is 2.25. The SMILES string of the molecule is COc1cccc([C@@H](CNC(=O)c2cccc3ccccc23)N2CCOCC2)c1. The zero-order valence-corrected chi connectivity index (χ0v) is 16.6. The lowest BCUT2D eigenvalue weighted by Gasteiger charge is -2.35. The van der Waals surface area contributed by atoms with Crippen molar-refractivity contribution in [2.24, 2.45) is 0 Å². The lowest BCUT2D eigenvalue weighted by molar-refractivity contribution is 0.0162. The molecule has 150 valence electrons. The van der Waals surface area contributed by atoms with E-state index in [9.17, 15) is 4.79 Å². The molecule has 1 fully saturated rings. The van der Waals surface area contributed by atoms with Gasteiger partial charge in [-0.25, -0.2) is 0 Å². The van der Waals surface area contributed by atoms with Gasteiger partial charge in [0, 0.05) is 25.2 Å². The highest BCUT2D eigenvalue weighted by atomic mass is 16.5. The number of nitrogens with one attached hydrogen (secondary N) is 1. The van der Waals surface area contributed by atoms with Crippen LogP contribution in [0.1, 0.15) is 22.0 Å². The molecule has 3 aromatic rings. The minimum Gasteiger partial charge on any atom is -0.497 e. The van der Waals surface area contributed by atoms with Gasteiger partial charge >= 0.3 is 0 Å². The maximum Gasteiger partial charge on any atom is 0.251 e. The Bertz CT molecular complexity index is 977. The number of carbonyl (C=O) groups excluding carboxylic acids is 1. The molecule has 1 heterocycles. The molecule has 1 atom stereocenters. The fraction of sp³-hybridized carbons (Fsp3) is 0.292. The van der Waals surface area contributed by atoms with Crippen LogP contribution in [0, 0.1) is 0 Å². The minimum absolute atomic E-state index is 0.0528. The fourth-order valence-corrected chi connectivity index (χ4v) is 3.90. The van der Waals surface area contributed by atoms with E-state index in [1.807, 2.05) is 60.7 Å². The molecule has 4 rings (SSSR count). The maximum absolute atomic E-state index is 13.0. The third-order valence-corrected chi connectivity index (χ3v) is 5.46. The van der Waals surface area contributed by atoms with Crippen LogP contribution in [-0.4, -0.2) is 50.8 Å². The van der Waals surface area contributed by atoms with Gasteiger partial charge in [0.1, 0.15) is 5.75 Å². The zero-order chi connectivity index (χ0) is 20.1. The molecule has 0 spiro atoms. The van der Waals surface area contributed by atoms with Gasteiger partial charge in [0.15, 0.2) is 0 Å². The van der Waals surface area contributed by atoms with Crippen LogP contribution in [0.25, 0.3) is 10.8 Å². The fourth-order valence-electron chi connectivity index (χ4n) is 3.90. The van der Waals surface area contributed by atoms with E-state index in [-0.39, 0.29) is 11.9 Å². The normalized spacial score (nSPS) is 15.8. The number of morpholine rings is 1. The monoisotopic (exact) mass is 390 g/mol. The van der Waals surface area contributed by atoms with Crippen molar-refractivity contribution in [1.82, 2.24) is 10.2 Å². The molecule has 0 radical (unpaired) electrons. The van der Waals surface area contributed by atoms with Crippen molar-refractivity contribution in [3.05, 3.63) is 77.9 Å². The Labute approximate surface area is 171 Å². The van der Waals surface area contributed by atoms with E-state index in [2.05, 4.69) is 16.3 Å². The van der Waals surface area contributed by atoms with Gasteiger partial charge in [-0.15, -0.1) is 0 Å². The van der Waals surface area contributed by atoms with E-state index < -0.39 is 0 Å². The largest absolute Gasteiger partial charge is 0.497 e. The molecule has 3 aromatic carbocycles. The smallest absolute Gasteiger partial charge is 0.251 e. The number of nitrogens with zero attached hydrogens (tertiary/aromatic N) is 1. The van der Waals surface area contributed by atoms with Crippen LogP contribution in [0.5, 0.6) is 5.75 Å². The molecule has 29 heavy (non-hydrogen) atoms. The second kappa shape index (κ2) is 9.07. The molecule has 1 aliphatic rings. The number of amides is 1. The van der Waals surface area contributed by atoms with Gasteiger partial charge in [-0.3, -0.25) is 9.69 Å². The molecular weight excluding hydrogens is 364 g/mol. The summed E-state index contributed by atoms with van der Waals surface area (Å²) < 4.78 is 10.9. The van der Waals surface area contributed by atoms with Gasteiger partial charge in [-0.2, -0.15) is 0 Å². The number of carbonyl (C=O) groups is 1. The average Bonchev–Trinajstić information content (AvgIpc) is 2.79. The summed E-state index contributed by atoms with van der Waals surface area (Å²) in [6, 6.07) is 21.9. The van der Waals surface area contributed by atoms with Crippen LogP contribution >= 0.6 is 0 Å². The summed E-state index contributed by atoms with van der Waals surface area (Å²) in [6.07, 6.45) is 0. The Morgan fingerprint density at radius 2 is 1.83 bits per heavy atom. The summed E-state index contributed by atoms with van der Waals surface area (Å²) in [5.41, 5.74) is 1.83. The highest BCUT2D eigenvalue weighted by Gasteiger charge is 2.24. The Morgan fingerprint density at radius 1 is 1.07 bits per heavy atom. The number of benzene rings is 3. The lowest BCUT2D eigenvalue weighted by Crippen LogP contribution is -2.43. The minimum atomic E-state index is -0.0528. The molecular formula is C24H26N2O3. The van der Waals surface area contributed by atoms with Gasteiger partial charge in [0.2, 0.25) is 0 Å². The van der Waals surface area contributed by atoms with Gasteiger partial charge in [-0.1, -0.05) is 48.5 Å². The van der Waals surface area contributed by atoms with Crippen molar-refractivity contribution < 1.29 is 14.3 Å². The van der Waals surface area contributed by atoms with Crippen LogP contribution in [0.3, 0.4) is 0 Å². The number of fused-ring (bicyclic) bond motifs is 1. The number of methoxy groups -OCH3 is 1. The molecule has 0 aromatic heterocycles. The summed E-state index contributed by atoms with van der Waals surface area (Å²) in [5, 5.41) is 5.20. The molecule has 0 bridgehead atoms. The number of ether oxygens (including phenoxy) is 2. The van der Waals surface area contributed by atoms with Crippen molar-refractivity contribution in [2.75, 3.05) is 40.0 Å². The third kappa shape index (κ3) is 4.42. The first-order valence-electron chi connectivity index (χ1n) is 9.98. The molecule has 5 heteroatoms. The molecule has 5 nitrogen and oxygen atoms in total. The van der Waals surface area contributed by atoms with E-state index in [1.54, 1.807) is 7.11 Å². The topological polar surface area (TPSA) is 50.8 Å². The van der Waals surface area contributed by atoms with Crippen molar-refractivity contribution in [1.29, 1.82) is 0 Å². The van der Waals surface area contributed by atoms with Crippen LogP contribution in [0.15, 0.2) is 66.7 Å². The predicted molar refractivity (Wildman–Crippen MR) is 114 cm³/mol. The molecule has 1 aliphatic heterocycles. The molecule has 0 saturated carbocycles. The first-order chi connectivity index (χ1) is 14.3. The van der Waals surface area contributed by atoms with Crippen LogP contribution < -0.4 is 10.1 Å². The van der Waals surface area contributed by atoms with Crippen LogP contribution in [0.2, 0.25) is 0 Å². The van der Waals surface area contributed by atoms with Gasteiger partial charge in [0.25, 0.3) is 5.91 Å². The zero-order valence-electron chi connectivity index (χ0n) is 16.6. The predicted octanol–water partition coefficient (Wildman–Crippen LogP) is 3.65. The number of hydrogen-bond acceptors (Lipinski definition) is 4. The Hall–Kier alpha value is -2.89. The average molecular weight is 390 g/mol. The van der Waals surface area contributed by atoms with Crippen molar-refractivity contribution in [3.63, 3.8) is 0 Å². The second-order valence-electron chi connectivity index (χ2n) is 7.18. The number of rotatable bonds is 6. The van der Waals surface area contributed by atoms with Crippen molar-refractivity contribution in [3.8, 4) is 5.75 Å². The van der Waals surface area contributed by atoms with Crippen molar-refractivity contribution in [2.45, 2.75) is 6.04 Å². The Balaban J connectivity index is 1.56. The molecule has 0 aliphatic carbocycles. The second-order valence-corrected chi connectivity index (χ2v) is 7.18. The summed E-state index contributed by atoms with van der Waals surface area (Å²) in [4.78, 5) is 15.4. The first-order valence-corrected chi connectivity index (χ1v) is 9.98. The first kappa shape index (κ1) is 19.4. The van der Waals surface area contributed by atoms with Crippen LogP contribution in [-0.2, 0) is 4.74 Å². The van der Waals surface area contributed by atoms with E-state index in [0.29, 0.717) is 25.3 Å². The quantitative estimate of drug-likeness (QED) is 0.698. The summed E-state index contributed by atoms with van der Waals surface area (Å²) >= 11 is 0. The van der Waals surface area contributed by atoms with Gasteiger partial charge < -0.3 is 14.8 Å². The van der Waals surface area contributed by atoms with E-state index in [0.717, 1.165) is 35.2 Å². The molecule has 1 N–H and O–H groups in total. The highest BCUT2D eigenvalue weighted by molar-refractivity contribution is 6.07. The van der Waals surface area contributed by atoms with Crippen molar-refractivity contribution >= 4 is 16.7 Å². The molecule has 0 unspecified atom stereocenters.